The first-order valence-corrected chi connectivity index (χ1v) is 9.50. The molecule has 0 heterocycles. The van der Waals surface area contributed by atoms with E-state index >= 15 is 0 Å². The summed E-state index contributed by atoms with van der Waals surface area (Å²) in [4.78, 5) is 22.0. The number of nitro groups is 1. The van der Waals surface area contributed by atoms with Gasteiger partial charge >= 0.3 is 5.97 Å². The minimum atomic E-state index is -4.29. The van der Waals surface area contributed by atoms with Gasteiger partial charge in [-0.2, -0.15) is 0 Å². The Hall–Kier alpha value is -2.65. The molecule has 8 nitrogen and oxygen atoms in total. The van der Waals surface area contributed by atoms with Crippen LogP contribution in [0.3, 0.4) is 0 Å². The number of methoxy groups -OCH3 is 1. The zero-order valence-electron chi connectivity index (χ0n) is 14.8. The number of esters is 1. The molecule has 0 bridgehead atoms. The van der Waals surface area contributed by atoms with Crippen molar-refractivity contribution < 1.29 is 22.9 Å². The van der Waals surface area contributed by atoms with Crippen molar-refractivity contribution in [1.29, 1.82) is 0 Å². The zero-order valence-corrected chi connectivity index (χ0v) is 16.4. The first kappa shape index (κ1) is 20.7. The Balaban J connectivity index is 2.63. The van der Waals surface area contributed by atoms with Crippen molar-refractivity contribution >= 4 is 39.0 Å². The van der Waals surface area contributed by atoms with Gasteiger partial charge in [0.05, 0.1) is 22.6 Å². The van der Waals surface area contributed by atoms with Gasteiger partial charge in [0.2, 0.25) is 0 Å². The molecule has 0 aromatic heterocycles. The predicted octanol–water partition coefficient (Wildman–Crippen LogP) is 3.23. The lowest BCUT2D eigenvalue weighted by atomic mass is 10.2. The van der Waals surface area contributed by atoms with Crippen molar-refractivity contribution in [2.45, 2.75) is 18.7 Å². The maximum absolute atomic E-state index is 13.1. The fourth-order valence-electron chi connectivity index (χ4n) is 2.31. The molecule has 27 heavy (non-hydrogen) atoms. The summed E-state index contributed by atoms with van der Waals surface area (Å²) in [6.45, 7) is 2.63. The average molecular weight is 413 g/mol. The van der Waals surface area contributed by atoms with Gasteiger partial charge in [-0.25, -0.2) is 8.42 Å². The third-order valence-corrected chi connectivity index (χ3v) is 6.09. The summed E-state index contributed by atoms with van der Waals surface area (Å²) in [5.74, 6) is -0.795. The molecule has 2 rings (SSSR count). The van der Waals surface area contributed by atoms with Gasteiger partial charge in [0.1, 0.15) is 6.54 Å². The van der Waals surface area contributed by atoms with Crippen molar-refractivity contribution in [3.8, 4) is 0 Å². The van der Waals surface area contributed by atoms with E-state index in [9.17, 15) is 23.3 Å². The van der Waals surface area contributed by atoms with Gasteiger partial charge in [0, 0.05) is 16.7 Å². The third kappa shape index (κ3) is 4.37. The minimum absolute atomic E-state index is 0.138. The van der Waals surface area contributed by atoms with Crippen LogP contribution in [0.25, 0.3) is 0 Å². The highest BCUT2D eigenvalue weighted by molar-refractivity contribution is 7.92. The topological polar surface area (TPSA) is 107 Å². The van der Waals surface area contributed by atoms with Gasteiger partial charge < -0.3 is 4.74 Å². The summed E-state index contributed by atoms with van der Waals surface area (Å²) < 4.78 is 31.6. The highest BCUT2D eigenvalue weighted by Crippen LogP contribution is 2.30. The monoisotopic (exact) mass is 412 g/mol. The Morgan fingerprint density at radius 3 is 2.37 bits per heavy atom. The molecule has 0 N–H and O–H groups in total. The van der Waals surface area contributed by atoms with Crippen LogP contribution in [0.1, 0.15) is 11.1 Å². The van der Waals surface area contributed by atoms with Crippen LogP contribution in [0.4, 0.5) is 11.4 Å². The molecule has 144 valence electrons. The van der Waals surface area contributed by atoms with Crippen molar-refractivity contribution in [3.05, 3.63) is 62.7 Å². The number of halogens is 1. The van der Waals surface area contributed by atoms with E-state index in [-0.39, 0.29) is 16.3 Å². The number of nitro benzene ring substituents is 1. The van der Waals surface area contributed by atoms with E-state index in [1.54, 1.807) is 13.0 Å². The molecule has 0 aliphatic rings. The molecule has 0 aliphatic carbocycles. The van der Waals surface area contributed by atoms with Crippen molar-refractivity contribution in [1.82, 2.24) is 0 Å². The molecule has 0 saturated carbocycles. The minimum Gasteiger partial charge on any atom is -0.468 e. The van der Waals surface area contributed by atoms with Crippen LogP contribution in [0.5, 0.6) is 0 Å². The van der Waals surface area contributed by atoms with Crippen molar-refractivity contribution in [3.63, 3.8) is 0 Å². The molecule has 0 saturated heterocycles. The van der Waals surface area contributed by atoms with Crippen molar-refractivity contribution in [2.24, 2.45) is 0 Å². The molecular weight excluding hydrogens is 396 g/mol. The first-order valence-electron chi connectivity index (χ1n) is 7.68. The number of benzene rings is 2. The molecule has 0 fully saturated rings. The molecule has 0 radical (unpaired) electrons. The molecular formula is C17H17ClN2O6S. The van der Waals surface area contributed by atoms with Crippen LogP contribution in [0, 0.1) is 24.0 Å². The second-order valence-electron chi connectivity index (χ2n) is 5.73. The molecule has 2 aromatic rings. The predicted molar refractivity (Wildman–Crippen MR) is 101 cm³/mol. The van der Waals surface area contributed by atoms with E-state index < -0.39 is 27.5 Å². The highest BCUT2D eigenvalue weighted by Gasteiger charge is 2.29. The van der Waals surface area contributed by atoms with Gasteiger partial charge in [0.15, 0.2) is 0 Å². The average Bonchev–Trinajstić information content (AvgIpc) is 2.61. The number of sulfonamides is 1. The fraction of sp³-hybridized carbons (Fsp3) is 0.235. The van der Waals surface area contributed by atoms with E-state index in [4.69, 9.17) is 11.6 Å². The number of aryl methyl sites for hydroxylation is 2. The number of anilines is 1. The molecule has 0 amide bonds. The summed E-state index contributed by atoms with van der Waals surface area (Å²) in [6, 6.07) is 8.05. The lowest BCUT2D eigenvalue weighted by Crippen LogP contribution is -2.36. The SMILES string of the molecule is COC(=O)CN(c1ccc(C)c(Cl)c1)S(=O)(=O)c1ccc(C)c([N+](=O)[O-])c1. The quantitative estimate of drug-likeness (QED) is 0.409. The maximum atomic E-state index is 13.1. The number of carbonyl (C=O) groups excluding carboxylic acids is 1. The molecule has 0 atom stereocenters. The van der Waals surface area contributed by atoms with Gasteiger partial charge in [-0.3, -0.25) is 19.2 Å². The third-order valence-electron chi connectivity index (χ3n) is 3.91. The van der Waals surface area contributed by atoms with Crippen molar-refractivity contribution in [2.75, 3.05) is 18.0 Å². The second kappa shape index (κ2) is 7.93. The number of hydrogen-bond donors (Lipinski definition) is 0. The Kier molecular flexibility index (Phi) is 6.07. The first-order chi connectivity index (χ1) is 12.6. The second-order valence-corrected chi connectivity index (χ2v) is 8.00. The number of hydrogen-bond acceptors (Lipinski definition) is 6. The van der Waals surface area contributed by atoms with E-state index in [2.05, 4.69) is 4.74 Å². The molecule has 0 unspecified atom stereocenters. The lowest BCUT2D eigenvalue weighted by molar-refractivity contribution is -0.385. The number of rotatable bonds is 6. The van der Waals surface area contributed by atoms with Gasteiger partial charge in [-0.05, 0) is 37.6 Å². The Morgan fingerprint density at radius 1 is 1.19 bits per heavy atom. The van der Waals surface area contributed by atoms with Crippen LogP contribution in [-0.2, 0) is 19.6 Å². The molecule has 0 spiro atoms. The van der Waals surface area contributed by atoms with E-state index in [1.807, 2.05) is 0 Å². The molecule has 2 aromatic carbocycles. The summed E-state index contributed by atoms with van der Waals surface area (Å²) in [7, 11) is -3.16. The maximum Gasteiger partial charge on any atom is 0.326 e. The summed E-state index contributed by atoms with van der Waals surface area (Å²) in [5.41, 5.74) is 0.842. The Labute approximate surface area is 161 Å². The van der Waals surface area contributed by atoms with Gasteiger partial charge in [-0.15, -0.1) is 0 Å². The molecule has 0 aliphatic heterocycles. The lowest BCUT2D eigenvalue weighted by Gasteiger charge is -2.24. The summed E-state index contributed by atoms with van der Waals surface area (Å²) in [5, 5.41) is 11.5. The van der Waals surface area contributed by atoms with Crippen LogP contribution in [-0.4, -0.2) is 33.0 Å². The summed E-state index contributed by atoms with van der Waals surface area (Å²) in [6.07, 6.45) is 0. The molecule has 10 heteroatoms. The number of nitrogens with zero attached hydrogens (tertiary/aromatic N) is 2. The van der Waals surface area contributed by atoms with Crippen LogP contribution in [0.2, 0.25) is 5.02 Å². The van der Waals surface area contributed by atoms with Crippen LogP contribution >= 0.6 is 11.6 Å². The summed E-state index contributed by atoms with van der Waals surface area (Å²) >= 11 is 6.09. The van der Waals surface area contributed by atoms with E-state index in [0.29, 0.717) is 10.6 Å². The highest BCUT2D eigenvalue weighted by atomic mass is 35.5. The fourth-order valence-corrected chi connectivity index (χ4v) is 3.90. The standard InChI is InChI=1S/C17H17ClN2O6S/c1-11-4-6-13(8-15(11)18)19(10-17(21)26-3)27(24,25)14-7-5-12(2)16(9-14)20(22)23/h4-9H,10H2,1-3H3. The van der Waals surface area contributed by atoms with Gasteiger partial charge in [-0.1, -0.05) is 23.7 Å². The Morgan fingerprint density at radius 2 is 1.81 bits per heavy atom. The largest absolute Gasteiger partial charge is 0.468 e. The number of ether oxygens (including phenoxy) is 1. The van der Waals surface area contributed by atoms with Crippen LogP contribution < -0.4 is 4.31 Å². The normalized spacial score (nSPS) is 11.1. The zero-order chi connectivity index (χ0) is 20.4. The van der Waals surface area contributed by atoms with E-state index in [1.165, 1.54) is 31.2 Å². The number of carbonyl (C=O) groups is 1. The smallest absolute Gasteiger partial charge is 0.326 e. The van der Waals surface area contributed by atoms with E-state index in [0.717, 1.165) is 23.0 Å². The Bertz CT molecular complexity index is 1010. The van der Waals surface area contributed by atoms with Crippen LogP contribution in [0.15, 0.2) is 41.3 Å². The van der Waals surface area contributed by atoms with Gasteiger partial charge in [0.25, 0.3) is 15.7 Å².